The summed E-state index contributed by atoms with van der Waals surface area (Å²) in [4.78, 5) is 3.30. The first-order valence-corrected chi connectivity index (χ1v) is 6.10. The van der Waals surface area contributed by atoms with Gasteiger partial charge in [0, 0.05) is 33.9 Å². The molecule has 3 rings (SSSR count). The summed E-state index contributed by atoms with van der Waals surface area (Å²) in [7, 11) is 0. The van der Waals surface area contributed by atoms with Crippen molar-refractivity contribution >= 4 is 16.6 Å². The second kappa shape index (κ2) is 3.91. The van der Waals surface area contributed by atoms with E-state index in [1.165, 1.54) is 16.5 Å². The van der Waals surface area contributed by atoms with Crippen LogP contribution in [0.1, 0.15) is 11.1 Å². The van der Waals surface area contributed by atoms with E-state index in [0.29, 0.717) is 0 Å². The highest BCUT2D eigenvalue weighted by atomic mass is 14.7. The molecule has 0 fully saturated rings. The standard InChI is InChI=1S/C16H16N2/c1-10-7-11(2)16(17)13(8-10)14-9-18-15-6-4-3-5-12(14)15/h3-9,18H,17H2,1-2H3. The molecule has 3 N–H and O–H groups in total. The number of H-pyrrole nitrogens is 1. The maximum absolute atomic E-state index is 6.22. The zero-order valence-electron chi connectivity index (χ0n) is 10.6. The molecule has 0 saturated carbocycles. The fourth-order valence-electron chi connectivity index (χ4n) is 2.50. The van der Waals surface area contributed by atoms with Crippen LogP contribution in [0.3, 0.4) is 0 Å². The predicted octanol–water partition coefficient (Wildman–Crippen LogP) is 4.03. The lowest BCUT2D eigenvalue weighted by atomic mass is 9.98. The number of aromatic nitrogens is 1. The highest BCUT2D eigenvalue weighted by Gasteiger charge is 2.10. The van der Waals surface area contributed by atoms with Gasteiger partial charge in [0.25, 0.3) is 0 Å². The van der Waals surface area contributed by atoms with Crippen molar-refractivity contribution in [1.29, 1.82) is 0 Å². The fourth-order valence-corrected chi connectivity index (χ4v) is 2.50. The van der Waals surface area contributed by atoms with Gasteiger partial charge in [-0.05, 0) is 31.5 Å². The number of aryl methyl sites for hydroxylation is 2. The van der Waals surface area contributed by atoms with E-state index in [1.54, 1.807) is 0 Å². The predicted molar refractivity (Wildman–Crippen MR) is 77.6 cm³/mol. The summed E-state index contributed by atoms with van der Waals surface area (Å²) in [5.41, 5.74) is 12.9. The maximum Gasteiger partial charge on any atom is 0.0460 e. The van der Waals surface area contributed by atoms with Crippen LogP contribution in [0.5, 0.6) is 0 Å². The number of para-hydroxylation sites is 1. The minimum atomic E-state index is 0.866. The van der Waals surface area contributed by atoms with E-state index in [1.807, 2.05) is 12.3 Å². The number of benzene rings is 2. The number of rotatable bonds is 1. The average Bonchev–Trinajstić information content (AvgIpc) is 2.77. The normalized spacial score (nSPS) is 11.0. The molecular weight excluding hydrogens is 220 g/mol. The summed E-state index contributed by atoms with van der Waals surface area (Å²) < 4.78 is 0. The minimum absolute atomic E-state index is 0.866. The van der Waals surface area contributed by atoms with Crippen LogP contribution in [0.15, 0.2) is 42.6 Å². The second-order valence-corrected chi connectivity index (χ2v) is 4.79. The van der Waals surface area contributed by atoms with E-state index < -0.39 is 0 Å². The zero-order chi connectivity index (χ0) is 12.7. The van der Waals surface area contributed by atoms with Crippen LogP contribution >= 0.6 is 0 Å². The molecule has 1 heterocycles. The number of hydrogen-bond acceptors (Lipinski definition) is 1. The zero-order valence-corrected chi connectivity index (χ0v) is 10.6. The molecule has 0 amide bonds. The molecule has 2 aromatic carbocycles. The second-order valence-electron chi connectivity index (χ2n) is 4.79. The lowest BCUT2D eigenvalue weighted by Gasteiger charge is -2.09. The summed E-state index contributed by atoms with van der Waals surface area (Å²) in [6.07, 6.45) is 2.04. The monoisotopic (exact) mass is 236 g/mol. The molecule has 2 heteroatoms. The molecule has 0 saturated heterocycles. The van der Waals surface area contributed by atoms with Gasteiger partial charge in [-0.1, -0.05) is 29.8 Å². The highest BCUT2D eigenvalue weighted by Crippen LogP contribution is 2.34. The van der Waals surface area contributed by atoms with Crippen LogP contribution in [0.25, 0.3) is 22.0 Å². The van der Waals surface area contributed by atoms with Crippen molar-refractivity contribution in [3.05, 3.63) is 53.7 Å². The average molecular weight is 236 g/mol. The van der Waals surface area contributed by atoms with Crippen LogP contribution < -0.4 is 5.73 Å². The fraction of sp³-hybridized carbons (Fsp3) is 0.125. The summed E-state index contributed by atoms with van der Waals surface area (Å²) in [6.45, 7) is 4.16. The number of hydrogen-bond donors (Lipinski definition) is 2. The molecule has 0 aliphatic carbocycles. The van der Waals surface area contributed by atoms with Gasteiger partial charge in [0.15, 0.2) is 0 Å². The molecule has 0 spiro atoms. The summed E-state index contributed by atoms with van der Waals surface area (Å²) in [5, 5.41) is 1.22. The Hall–Kier alpha value is -2.22. The molecule has 0 atom stereocenters. The van der Waals surface area contributed by atoms with Crippen LogP contribution in [0.4, 0.5) is 5.69 Å². The van der Waals surface area contributed by atoms with Gasteiger partial charge in [-0.3, -0.25) is 0 Å². The van der Waals surface area contributed by atoms with Gasteiger partial charge in [0.1, 0.15) is 0 Å². The number of aromatic amines is 1. The Morgan fingerprint density at radius 1 is 1.00 bits per heavy atom. The SMILES string of the molecule is Cc1cc(C)c(N)c(-c2c[nH]c3ccccc23)c1. The number of nitrogens with two attached hydrogens (primary N) is 1. The Bertz CT molecular complexity index is 723. The van der Waals surface area contributed by atoms with E-state index in [2.05, 4.69) is 49.2 Å². The van der Waals surface area contributed by atoms with Gasteiger partial charge in [0.2, 0.25) is 0 Å². The number of nitrogen functional groups attached to an aromatic ring is 1. The lowest BCUT2D eigenvalue weighted by molar-refractivity contribution is 1.38. The lowest BCUT2D eigenvalue weighted by Crippen LogP contribution is -1.94. The minimum Gasteiger partial charge on any atom is -0.398 e. The van der Waals surface area contributed by atoms with Crippen molar-refractivity contribution < 1.29 is 0 Å². The van der Waals surface area contributed by atoms with Gasteiger partial charge >= 0.3 is 0 Å². The van der Waals surface area contributed by atoms with Gasteiger partial charge in [-0.15, -0.1) is 0 Å². The van der Waals surface area contributed by atoms with Crippen LogP contribution in [-0.2, 0) is 0 Å². The molecule has 2 nitrogen and oxygen atoms in total. The van der Waals surface area contributed by atoms with Crippen LogP contribution in [0.2, 0.25) is 0 Å². The molecule has 1 aromatic heterocycles. The third-order valence-corrected chi connectivity index (χ3v) is 3.41. The Labute approximate surface area is 106 Å². The molecule has 0 aliphatic rings. The molecule has 0 radical (unpaired) electrons. The van der Waals surface area contributed by atoms with E-state index in [4.69, 9.17) is 5.73 Å². The number of anilines is 1. The Morgan fingerprint density at radius 2 is 1.78 bits per heavy atom. The van der Waals surface area contributed by atoms with Gasteiger partial charge in [-0.25, -0.2) is 0 Å². The summed E-state index contributed by atoms with van der Waals surface area (Å²) >= 11 is 0. The summed E-state index contributed by atoms with van der Waals surface area (Å²) in [6, 6.07) is 12.6. The Kier molecular flexibility index (Phi) is 2.37. The first kappa shape index (κ1) is 10.9. The van der Waals surface area contributed by atoms with Crippen molar-refractivity contribution in [2.75, 3.05) is 5.73 Å². The number of nitrogens with one attached hydrogen (secondary N) is 1. The smallest absolute Gasteiger partial charge is 0.0460 e. The Balaban J connectivity index is 2.33. The Morgan fingerprint density at radius 3 is 2.61 bits per heavy atom. The first-order valence-electron chi connectivity index (χ1n) is 6.10. The highest BCUT2D eigenvalue weighted by molar-refractivity contribution is 5.98. The third kappa shape index (κ3) is 1.58. The van der Waals surface area contributed by atoms with E-state index in [-0.39, 0.29) is 0 Å². The molecule has 18 heavy (non-hydrogen) atoms. The van der Waals surface area contributed by atoms with Crippen molar-refractivity contribution in [3.8, 4) is 11.1 Å². The third-order valence-electron chi connectivity index (χ3n) is 3.41. The molecule has 0 aliphatic heterocycles. The molecule has 90 valence electrons. The molecular formula is C16H16N2. The van der Waals surface area contributed by atoms with Crippen molar-refractivity contribution in [3.63, 3.8) is 0 Å². The van der Waals surface area contributed by atoms with E-state index in [0.717, 1.165) is 22.3 Å². The molecule has 0 unspecified atom stereocenters. The van der Waals surface area contributed by atoms with Crippen LogP contribution in [-0.4, -0.2) is 4.98 Å². The largest absolute Gasteiger partial charge is 0.398 e. The van der Waals surface area contributed by atoms with Gasteiger partial charge in [0.05, 0.1) is 0 Å². The van der Waals surface area contributed by atoms with Crippen molar-refractivity contribution in [2.24, 2.45) is 0 Å². The number of fused-ring (bicyclic) bond motifs is 1. The first-order chi connectivity index (χ1) is 8.66. The van der Waals surface area contributed by atoms with E-state index in [9.17, 15) is 0 Å². The van der Waals surface area contributed by atoms with Crippen LogP contribution in [0, 0.1) is 13.8 Å². The quantitative estimate of drug-likeness (QED) is 0.615. The van der Waals surface area contributed by atoms with Gasteiger partial charge in [-0.2, -0.15) is 0 Å². The van der Waals surface area contributed by atoms with E-state index >= 15 is 0 Å². The van der Waals surface area contributed by atoms with Crippen molar-refractivity contribution in [2.45, 2.75) is 13.8 Å². The molecule has 3 aromatic rings. The molecule has 0 bridgehead atoms. The maximum atomic E-state index is 6.22. The van der Waals surface area contributed by atoms with Gasteiger partial charge < -0.3 is 10.7 Å². The topological polar surface area (TPSA) is 41.8 Å². The summed E-state index contributed by atoms with van der Waals surface area (Å²) in [5.74, 6) is 0. The van der Waals surface area contributed by atoms with Crippen molar-refractivity contribution in [1.82, 2.24) is 4.98 Å².